The molecule has 0 aliphatic heterocycles. The largest absolute Gasteiger partial charge is 0.313 e. The summed E-state index contributed by atoms with van der Waals surface area (Å²) < 4.78 is 3.94. The summed E-state index contributed by atoms with van der Waals surface area (Å²) in [6.07, 6.45) is 2.00. The van der Waals surface area contributed by atoms with Gasteiger partial charge in [-0.25, -0.2) is 0 Å². The lowest BCUT2D eigenvalue weighted by Gasteiger charge is -2.02. The molecule has 0 aliphatic carbocycles. The van der Waals surface area contributed by atoms with Gasteiger partial charge in [0.15, 0.2) is 5.16 Å². The minimum Gasteiger partial charge on any atom is -0.313 e. The van der Waals surface area contributed by atoms with E-state index in [1.54, 1.807) is 11.8 Å². The Balaban J connectivity index is 1.97. The number of hydrogen-bond donors (Lipinski definition) is 1. The summed E-state index contributed by atoms with van der Waals surface area (Å²) in [5.74, 6) is 1.76. The van der Waals surface area contributed by atoms with Gasteiger partial charge in [0, 0.05) is 25.5 Å². The van der Waals surface area contributed by atoms with Crippen molar-refractivity contribution in [2.45, 2.75) is 30.9 Å². The first kappa shape index (κ1) is 13.1. The lowest BCUT2D eigenvalue weighted by Crippen LogP contribution is -2.10. The molecule has 0 radical (unpaired) electrons. The van der Waals surface area contributed by atoms with Crippen molar-refractivity contribution in [3.8, 4) is 0 Å². The molecule has 0 saturated carbocycles. The fraction of sp³-hybridized carbons (Fsp3) is 0.545. The topological polar surface area (TPSA) is 60.6 Å². The molecule has 0 amide bonds. The van der Waals surface area contributed by atoms with Crippen LogP contribution in [0.25, 0.3) is 0 Å². The van der Waals surface area contributed by atoms with E-state index in [2.05, 4.69) is 27.5 Å². The molecule has 2 rings (SSSR count). The Labute approximate surface area is 111 Å². The third kappa shape index (κ3) is 2.91. The second-order valence-corrected chi connectivity index (χ2v) is 4.88. The second-order valence-electron chi connectivity index (χ2n) is 3.94. The van der Waals surface area contributed by atoms with E-state index in [1.807, 2.05) is 35.6 Å². The zero-order valence-electron chi connectivity index (χ0n) is 10.9. The molecule has 0 bridgehead atoms. The van der Waals surface area contributed by atoms with Crippen molar-refractivity contribution in [3.63, 3.8) is 0 Å². The molecule has 98 valence electrons. The number of nitrogens with one attached hydrogen (secondary N) is 1. The van der Waals surface area contributed by atoms with E-state index in [9.17, 15) is 0 Å². The molecule has 7 heteroatoms. The van der Waals surface area contributed by atoms with Crippen LogP contribution in [0.2, 0.25) is 0 Å². The van der Waals surface area contributed by atoms with Gasteiger partial charge in [-0.1, -0.05) is 11.8 Å². The first-order valence-corrected chi connectivity index (χ1v) is 6.91. The molecule has 0 saturated heterocycles. The van der Waals surface area contributed by atoms with Crippen LogP contribution in [0.4, 0.5) is 0 Å². The molecule has 0 spiro atoms. The lowest BCUT2D eigenvalue weighted by atomic mass is 10.5. The first-order chi connectivity index (χ1) is 8.74. The van der Waals surface area contributed by atoms with Crippen LogP contribution >= 0.6 is 11.8 Å². The van der Waals surface area contributed by atoms with Gasteiger partial charge in [-0.15, -0.1) is 10.2 Å². The van der Waals surface area contributed by atoms with Crippen LogP contribution in [0.5, 0.6) is 0 Å². The van der Waals surface area contributed by atoms with E-state index < -0.39 is 0 Å². The van der Waals surface area contributed by atoms with Gasteiger partial charge >= 0.3 is 0 Å². The number of aryl methyl sites for hydroxylation is 1. The van der Waals surface area contributed by atoms with Crippen LogP contribution in [0, 0.1) is 0 Å². The van der Waals surface area contributed by atoms with Gasteiger partial charge in [-0.2, -0.15) is 5.10 Å². The maximum Gasteiger partial charge on any atom is 0.191 e. The van der Waals surface area contributed by atoms with Crippen LogP contribution in [0.1, 0.15) is 18.4 Å². The standard InChI is InChI=1S/C11H18N6S/c1-4-17-6-5-9(15-17)8-18-11-14-13-10(7-12-2)16(11)3/h5-6,12H,4,7-8H2,1-3H3. The van der Waals surface area contributed by atoms with E-state index in [4.69, 9.17) is 0 Å². The van der Waals surface area contributed by atoms with Gasteiger partial charge in [0.05, 0.1) is 12.2 Å². The quantitative estimate of drug-likeness (QED) is 0.792. The van der Waals surface area contributed by atoms with Gasteiger partial charge in [0.1, 0.15) is 5.82 Å². The van der Waals surface area contributed by atoms with E-state index in [-0.39, 0.29) is 0 Å². The number of hydrogen-bond acceptors (Lipinski definition) is 5. The van der Waals surface area contributed by atoms with Crippen LogP contribution < -0.4 is 5.32 Å². The van der Waals surface area contributed by atoms with Gasteiger partial charge < -0.3 is 9.88 Å². The maximum atomic E-state index is 4.44. The van der Waals surface area contributed by atoms with Crippen LogP contribution in [-0.4, -0.2) is 31.6 Å². The predicted molar refractivity (Wildman–Crippen MR) is 71.2 cm³/mol. The minimum absolute atomic E-state index is 0.731. The first-order valence-electron chi connectivity index (χ1n) is 5.92. The highest BCUT2D eigenvalue weighted by molar-refractivity contribution is 7.98. The molecule has 0 aliphatic rings. The number of aromatic nitrogens is 5. The lowest BCUT2D eigenvalue weighted by molar-refractivity contribution is 0.652. The molecule has 1 N–H and O–H groups in total. The molecule has 2 aromatic rings. The van der Waals surface area contributed by atoms with E-state index in [0.29, 0.717) is 0 Å². The number of nitrogens with zero attached hydrogens (tertiary/aromatic N) is 5. The zero-order chi connectivity index (χ0) is 13.0. The molecule has 0 aromatic carbocycles. The molecule has 2 heterocycles. The molecule has 0 atom stereocenters. The highest BCUT2D eigenvalue weighted by Gasteiger charge is 2.09. The van der Waals surface area contributed by atoms with Crippen molar-refractivity contribution in [2.24, 2.45) is 7.05 Å². The average Bonchev–Trinajstić information content (AvgIpc) is 2.96. The van der Waals surface area contributed by atoms with Crippen molar-refractivity contribution in [1.82, 2.24) is 29.9 Å². The van der Waals surface area contributed by atoms with Crippen molar-refractivity contribution in [3.05, 3.63) is 23.8 Å². The van der Waals surface area contributed by atoms with E-state index >= 15 is 0 Å². The normalized spacial score (nSPS) is 11.1. The summed E-state index contributed by atoms with van der Waals surface area (Å²) in [6, 6.07) is 2.04. The molecular weight excluding hydrogens is 248 g/mol. The minimum atomic E-state index is 0.731. The monoisotopic (exact) mass is 266 g/mol. The predicted octanol–water partition coefficient (Wildman–Crippen LogP) is 1.04. The molecular formula is C11H18N6S. The molecule has 2 aromatic heterocycles. The summed E-state index contributed by atoms with van der Waals surface area (Å²) in [7, 11) is 3.89. The smallest absolute Gasteiger partial charge is 0.191 e. The van der Waals surface area contributed by atoms with Crippen LogP contribution in [-0.2, 0) is 25.9 Å². The molecule has 0 unspecified atom stereocenters. The van der Waals surface area contributed by atoms with Gasteiger partial charge in [0.25, 0.3) is 0 Å². The Morgan fingerprint density at radius 1 is 1.39 bits per heavy atom. The third-order valence-corrected chi connectivity index (χ3v) is 3.68. The summed E-state index contributed by atoms with van der Waals surface area (Å²) in [5, 5.41) is 16.8. The Bertz CT molecular complexity index is 503. The van der Waals surface area contributed by atoms with E-state index in [0.717, 1.165) is 35.5 Å². The highest BCUT2D eigenvalue weighted by atomic mass is 32.2. The van der Waals surface area contributed by atoms with Crippen molar-refractivity contribution in [1.29, 1.82) is 0 Å². The van der Waals surface area contributed by atoms with Crippen LogP contribution in [0.3, 0.4) is 0 Å². The van der Waals surface area contributed by atoms with Gasteiger partial charge in [0.2, 0.25) is 0 Å². The molecule has 6 nitrogen and oxygen atoms in total. The number of rotatable bonds is 6. The summed E-state index contributed by atoms with van der Waals surface area (Å²) in [4.78, 5) is 0. The molecule has 18 heavy (non-hydrogen) atoms. The average molecular weight is 266 g/mol. The summed E-state index contributed by atoms with van der Waals surface area (Å²) in [5.41, 5.74) is 1.07. The van der Waals surface area contributed by atoms with Crippen molar-refractivity contribution < 1.29 is 0 Å². The van der Waals surface area contributed by atoms with Crippen molar-refractivity contribution in [2.75, 3.05) is 7.05 Å². The number of thioether (sulfide) groups is 1. The SMILES string of the molecule is CCn1ccc(CSc2nnc(CNC)n2C)n1. The zero-order valence-corrected chi connectivity index (χ0v) is 11.7. The Morgan fingerprint density at radius 3 is 2.89 bits per heavy atom. The van der Waals surface area contributed by atoms with Crippen LogP contribution in [0.15, 0.2) is 17.4 Å². The molecule has 0 fully saturated rings. The van der Waals surface area contributed by atoms with E-state index in [1.165, 1.54) is 0 Å². The third-order valence-electron chi connectivity index (χ3n) is 2.63. The fourth-order valence-corrected chi connectivity index (χ4v) is 2.41. The summed E-state index contributed by atoms with van der Waals surface area (Å²) >= 11 is 1.66. The Hall–Kier alpha value is -1.34. The Morgan fingerprint density at radius 2 is 2.22 bits per heavy atom. The van der Waals surface area contributed by atoms with Gasteiger partial charge in [-0.3, -0.25) is 4.68 Å². The van der Waals surface area contributed by atoms with Crippen molar-refractivity contribution >= 4 is 11.8 Å². The fourth-order valence-electron chi connectivity index (χ4n) is 1.58. The summed E-state index contributed by atoms with van der Waals surface area (Å²) in [6.45, 7) is 3.71. The van der Waals surface area contributed by atoms with Gasteiger partial charge in [-0.05, 0) is 20.0 Å². The maximum absolute atomic E-state index is 4.44. The highest BCUT2D eigenvalue weighted by Crippen LogP contribution is 2.19. The second kappa shape index (κ2) is 6.01. The Kier molecular flexibility index (Phi) is 4.38.